The first-order valence-electron chi connectivity index (χ1n) is 6.05. The lowest BCUT2D eigenvalue weighted by molar-refractivity contribution is 0.0634. The van der Waals surface area contributed by atoms with Crippen LogP contribution in [0.15, 0.2) is 18.5 Å². The predicted octanol–water partition coefficient (Wildman–Crippen LogP) is 1.62. The molecule has 1 amide bonds. The molecular formula is C13H21N3O2. The minimum atomic E-state index is -0.0522. The fourth-order valence-electron chi connectivity index (χ4n) is 1.65. The topological polar surface area (TPSA) is 54.5 Å². The van der Waals surface area contributed by atoms with Gasteiger partial charge in [-0.15, -0.1) is 0 Å². The fourth-order valence-corrected chi connectivity index (χ4v) is 1.65. The van der Waals surface area contributed by atoms with Gasteiger partial charge >= 0.3 is 0 Å². The van der Waals surface area contributed by atoms with E-state index in [2.05, 4.69) is 10.3 Å². The van der Waals surface area contributed by atoms with Crippen molar-refractivity contribution < 1.29 is 9.53 Å². The molecule has 0 aliphatic rings. The number of anilines is 1. The van der Waals surface area contributed by atoms with Crippen molar-refractivity contribution in [2.45, 2.75) is 19.9 Å². The van der Waals surface area contributed by atoms with Gasteiger partial charge in [-0.1, -0.05) is 0 Å². The number of methoxy groups -OCH3 is 1. The highest BCUT2D eigenvalue weighted by Gasteiger charge is 2.20. The molecule has 0 spiro atoms. The summed E-state index contributed by atoms with van der Waals surface area (Å²) in [5.41, 5.74) is 1.40. The second-order valence-corrected chi connectivity index (χ2v) is 4.17. The molecule has 0 aromatic carbocycles. The quantitative estimate of drug-likeness (QED) is 0.834. The molecule has 1 heterocycles. The molecule has 1 aromatic heterocycles. The van der Waals surface area contributed by atoms with E-state index in [0.717, 1.165) is 12.2 Å². The maximum atomic E-state index is 12.3. The zero-order valence-electron chi connectivity index (χ0n) is 11.4. The Morgan fingerprint density at radius 2 is 2.33 bits per heavy atom. The Kier molecular flexibility index (Phi) is 5.58. The molecule has 0 aliphatic heterocycles. The lowest BCUT2D eigenvalue weighted by Crippen LogP contribution is -2.38. The Labute approximate surface area is 108 Å². The minimum Gasteiger partial charge on any atom is -0.385 e. The monoisotopic (exact) mass is 251 g/mol. The van der Waals surface area contributed by atoms with Crippen LogP contribution in [0, 0.1) is 0 Å². The van der Waals surface area contributed by atoms with E-state index in [1.807, 2.05) is 19.9 Å². The third-order valence-corrected chi connectivity index (χ3v) is 2.81. The number of nitrogens with zero attached hydrogens (tertiary/aromatic N) is 2. The van der Waals surface area contributed by atoms with Crippen LogP contribution in [-0.2, 0) is 4.74 Å². The second-order valence-electron chi connectivity index (χ2n) is 4.17. The summed E-state index contributed by atoms with van der Waals surface area (Å²) in [7, 11) is 3.40. The first-order valence-corrected chi connectivity index (χ1v) is 6.05. The summed E-state index contributed by atoms with van der Waals surface area (Å²) in [4.78, 5) is 18.0. The van der Waals surface area contributed by atoms with Crippen molar-refractivity contribution in [3.63, 3.8) is 0 Å². The van der Waals surface area contributed by atoms with Crippen LogP contribution in [0.5, 0.6) is 0 Å². The molecular weight excluding hydrogens is 230 g/mol. The number of carbonyl (C=O) groups is 1. The molecule has 100 valence electrons. The highest BCUT2D eigenvalue weighted by atomic mass is 16.5. The summed E-state index contributed by atoms with van der Waals surface area (Å²) < 4.78 is 5.06. The number of ether oxygens (including phenoxy) is 1. The van der Waals surface area contributed by atoms with Crippen LogP contribution in [0.1, 0.15) is 24.2 Å². The molecule has 18 heavy (non-hydrogen) atoms. The lowest BCUT2D eigenvalue weighted by Gasteiger charge is -2.25. The molecule has 0 fully saturated rings. The third kappa shape index (κ3) is 3.43. The van der Waals surface area contributed by atoms with Gasteiger partial charge in [-0.25, -0.2) is 0 Å². The predicted molar refractivity (Wildman–Crippen MR) is 71.8 cm³/mol. The van der Waals surface area contributed by atoms with E-state index in [4.69, 9.17) is 4.74 Å². The summed E-state index contributed by atoms with van der Waals surface area (Å²) in [6, 6.07) is 1.84. The van der Waals surface area contributed by atoms with E-state index in [1.165, 1.54) is 0 Å². The van der Waals surface area contributed by atoms with Crippen LogP contribution in [0.25, 0.3) is 0 Å². The molecule has 1 N–H and O–H groups in total. The zero-order valence-corrected chi connectivity index (χ0v) is 11.4. The van der Waals surface area contributed by atoms with Gasteiger partial charge in [-0.05, 0) is 19.9 Å². The Morgan fingerprint density at radius 1 is 1.61 bits per heavy atom. The van der Waals surface area contributed by atoms with Crippen molar-refractivity contribution in [2.75, 3.05) is 32.6 Å². The lowest BCUT2D eigenvalue weighted by atomic mass is 10.2. The largest absolute Gasteiger partial charge is 0.385 e. The van der Waals surface area contributed by atoms with Crippen LogP contribution in [0.4, 0.5) is 5.69 Å². The van der Waals surface area contributed by atoms with Gasteiger partial charge in [0.05, 0.1) is 23.9 Å². The van der Waals surface area contributed by atoms with Crippen molar-refractivity contribution in [3.8, 4) is 0 Å². The van der Waals surface area contributed by atoms with Gasteiger partial charge < -0.3 is 15.0 Å². The number of nitrogens with one attached hydrogen (secondary N) is 1. The van der Waals surface area contributed by atoms with E-state index in [9.17, 15) is 4.79 Å². The van der Waals surface area contributed by atoms with Gasteiger partial charge in [0.25, 0.3) is 5.91 Å². The summed E-state index contributed by atoms with van der Waals surface area (Å²) in [5, 5.41) is 3.16. The van der Waals surface area contributed by atoms with Gasteiger partial charge in [0.1, 0.15) is 0 Å². The average molecular weight is 251 g/mol. The first-order chi connectivity index (χ1) is 8.61. The molecule has 1 rings (SSSR count). The molecule has 1 unspecified atom stereocenters. The first kappa shape index (κ1) is 14.4. The number of pyridine rings is 1. The van der Waals surface area contributed by atoms with Crippen molar-refractivity contribution in [1.82, 2.24) is 9.88 Å². The van der Waals surface area contributed by atoms with Crippen LogP contribution in [-0.4, -0.2) is 49.1 Å². The Morgan fingerprint density at radius 3 is 2.94 bits per heavy atom. The molecule has 0 aliphatic carbocycles. The van der Waals surface area contributed by atoms with Crippen LogP contribution >= 0.6 is 0 Å². The molecule has 0 saturated carbocycles. The normalized spacial score (nSPS) is 12.0. The minimum absolute atomic E-state index is 0.0252. The van der Waals surface area contributed by atoms with Crippen molar-refractivity contribution in [2.24, 2.45) is 0 Å². The van der Waals surface area contributed by atoms with Crippen molar-refractivity contribution >= 4 is 11.6 Å². The van der Waals surface area contributed by atoms with Crippen LogP contribution < -0.4 is 5.32 Å². The third-order valence-electron chi connectivity index (χ3n) is 2.81. The SMILES string of the molecule is CCNc1ccncc1C(=O)N(C)C(C)COC. The van der Waals surface area contributed by atoms with Gasteiger partial charge in [0.2, 0.25) is 0 Å². The Bertz CT molecular complexity index is 396. The molecule has 0 saturated heterocycles. The number of carbonyl (C=O) groups excluding carboxylic acids is 1. The van der Waals surface area contributed by atoms with Gasteiger partial charge in [-0.3, -0.25) is 9.78 Å². The summed E-state index contributed by atoms with van der Waals surface area (Å²) in [6.45, 7) is 5.22. The van der Waals surface area contributed by atoms with Gasteiger partial charge in [0, 0.05) is 33.1 Å². The van der Waals surface area contributed by atoms with Gasteiger partial charge in [0.15, 0.2) is 0 Å². The maximum Gasteiger partial charge on any atom is 0.257 e. The van der Waals surface area contributed by atoms with E-state index < -0.39 is 0 Å². The van der Waals surface area contributed by atoms with Gasteiger partial charge in [-0.2, -0.15) is 0 Å². The number of likely N-dealkylation sites (N-methyl/N-ethyl adjacent to an activating group) is 1. The Balaban J connectivity index is 2.89. The maximum absolute atomic E-state index is 12.3. The number of amides is 1. The number of hydrogen-bond acceptors (Lipinski definition) is 4. The molecule has 1 atom stereocenters. The van der Waals surface area contributed by atoms with E-state index in [-0.39, 0.29) is 11.9 Å². The van der Waals surface area contributed by atoms with E-state index >= 15 is 0 Å². The van der Waals surface area contributed by atoms with E-state index in [1.54, 1.807) is 31.5 Å². The van der Waals surface area contributed by atoms with Crippen LogP contribution in [0.3, 0.4) is 0 Å². The highest BCUT2D eigenvalue weighted by Crippen LogP contribution is 2.16. The molecule has 0 radical (unpaired) electrons. The summed E-state index contributed by atoms with van der Waals surface area (Å²) >= 11 is 0. The highest BCUT2D eigenvalue weighted by molar-refractivity contribution is 5.99. The molecule has 1 aromatic rings. The summed E-state index contributed by atoms with van der Waals surface area (Å²) in [6.07, 6.45) is 3.27. The van der Waals surface area contributed by atoms with Crippen LogP contribution in [0.2, 0.25) is 0 Å². The Hall–Kier alpha value is -1.62. The number of hydrogen-bond donors (Lipinski definition) is 1. The number of rotatable bonds is 6. The standard InChI is InChI=1S/C13H21N3O2/c1-5-15-12-6-7-14-8-11(12)13(17)16(3)10(2)9-18-4/h6-8,10H,5,9H2,1-4H3,(H,14,15). The van der Waals surface area contributed by atoms with E-state index in [0.29, 0.717) is 12.2 Å². The molecule has 5 nitrogen and oxygen atoms in total. The number of aromatic nitrogens is 1. The smallest absolute Gasteiger partial charge is 0.257 e. The second kappa shape index (κ2) is 6.96. The van der Waals surface area contributed by atoms with Crippen molar-refractivity contribution in [1.29, 1.82) is 0 Å². The van der Waals surface area contributed by atoms with Crippen molar-refractivity contribution in [3.05, 3.63) is 24.0 Å². The fraction of sp³-hybridized carbons (Fsp3) is 0.538. The molecule has 5 heteroatoms. The molecule has 0 bridgehead atoms. The average Bonchev–Trinajstić information content (AvgIpc) is 2.38. The zero-order chi connectivity index (χ0) is 13.5. The summed E-state index contributed by atoms with van der Waals surface area (Å²) in [5.74, 6) is -0.0522.